The first-order valence-electron chi connectivity index (χ1n) is 4.00. The summed E-state index contributed by atoms with van der Waals surface area (Å²) >= 11 is 0. The van der Waals surface area contributed by atoms with Crippen molar-refractivity contribution in [2.45, 2.75) is 38.8 Å². The van der Waals surface area contributed by atoms with E-state index >= 15 is 0 Å². The molecule has 2 N–H and O–H groups in total. The van der Waals surface area contributed by atoms with Gasteiger partial charge < -0.3 is 10.6 Å². The number of hydrogen-bond donors (Lipinski definition) is 1. The zero-order chi connectivity index (χ0) is 8.65. The zero-order valence-corrected chi connectivity index (χ0v) is 7.42. The standard InChI is InChI=1S/C8H16N2O/c1-6(11)10-5-4-7(9)8(10,2)3/h7H,4-5,9H2,1-3H3. The van der Waals surface area contributed by atoms with Gasteiger partial charge in [0.1, 0.15) is 0 Å². The van der Waals surface area contributed by atoms with Gasteiger partial charge in [0.2, 0.25) is 5.91 Å². The number of likely N-dealkylation sites (tertiary alicyclic amines) is 1. The fraction of sp³-hybridized carbons (Fsp3) is 0.875. The average molecular weight is 156 g/mol. The van der Waals surface area contributed by atoms with Crippen molar-refractivity contribution in [1.29, 1.82) is 0 Å². The monoisotopic (exact) mass is 156 g/mol. The van der Waals surface area contributed by atoms with Gasteiger partial charge in [-0.05, 0) is 20.3 Å². The van der Waals surface area contributed by atoms with Gasteiger partial charge in [-0.2, -0.15) is 0 Å². The Labute approximate surface area is 67.5 Å². The van der Waals surface area contributed by atoms with Gasteiger partial charge in [0, 0.05) is 19.5 Å². The van der Waals surface area contributed by atoms with Gasteiger partial charge in [0.05, 0.1) is 5.54 Å². The Hall–Kier alpha value is -0.570. The summed E-state index contributed by atoms with van der Waals surface area (Å²) in [6.45, 7) is 6.45. The summed E-state index contributed by atoms with van der Waals surface area (Å²) in [5.41, 5.74) is 5.70. The number of amides is 1. The predicted octanol–water partition coefficient (Wildman–Crippen LogP) is 0.345. The van der Waals surface area contributed by atoms with Crippen molar-refractivity contribution in [3.63, 3.8) is 0 Å². The van der Waals surface area contributed by atoms with Gasteiger partial charge in [-0.15, -0.1) is 0 Å². The van der Waals surface area contributed by atoms with Crippen molar-refractivity contribution in [3.05, 3.63) is 0 Å². The molecule has 0 aromatic heterocycles. The lowest BCUT2D eigenvalue weighted by molar-refractivity contribution is -0.132. The normalized spacial score (nSPS) is 29.1. The molecule has 0 aliphatic carbocycles. The predicted molar refractivity (Wildman–Crippen MR) is 44.1 cm³/mol. The second kappa shape index (κ2) is 2.48. The number of nitrogens with two attached hydrogens (primary N) is 1. The Balaban J connectivity index is 2.78. The lowest BCUT2D eigenvalue weighted by Gasteiger charge is -2.33. The number of carbonyl (C=O) groups excluding carboxylic acids is 1. The van der Waals surface area contributed by atoms with Crippen LogP contribution in [0.15, 0.2) is 0 Å². The Morgan fingerprint density at radius 2 is 2.18 bits per heavy atom. The van der Waals surface area contributed by atoms with E-state index in [0.717, 1.165) is 13.0 Å². The van der Waals surface area contributed by atoms with Crippen LogP contribution in [0.25, 0.3) is 0 Å². The molecule has 1 heterocycles. The zero-order valence-electron chi connectivity index (χ0n) is 7.42. The summed E-state index contributed by atoms with van der Waals surface area (Å²) in [4.78, 5) is 12.9. The highest BCUT2D eigenvalue weighted by Crippen LogP contribution is 2.26. The molecule has 1 amide bonds. The molecule has 0 saturated carbocycles. The van der Waals surface area contributed by atoms with Crippen LogP contribution in [-0.2, 0) is 4.79 Å². The first-order chi connectivity index (χ1) is 4.96. The van der Waals surface area contributed by atoms with Crippen molar-refractivity contribution in [3.8, 4) is 0 Å². The van der Waals surface area contributed by atoms with Crippen molar-refractivity contribution >= 4 is 5.91 Å². The Kier molecular flexibility index (Phi) is 1.92. The van der Waals surface area contributed by atoms with Crippen LogP contribution in [0.1, 0.15) is 27.2 Å². The lowest BCUT2D eigenvalue weighted by Crippen LogP contribution is -2.50. The summed E-state index contributed by atoms with van der Waals surface area (Å²) in [5, 5.41) is 0. The van der Waals surface area contributed by atoms with Crippen LogP contribution >= 0.6 is 0 Å². The van der Waals surface area contributed by atoms with E-state index in [2.05, 4.69) is 0 Å². The number of rotatable bonds is 0. The molecule has 0 radical (unpaired) electrons. The lowest BCUT2D eigenvalue weighted by atomic mass is 9.97. The molecular formula is C8H16N2O. The Morgan fingerprint density at radius 3 is 2.36 bits per heavy atom. The third-order valence-electron chi connectivity index (χ3n) is 2.65. The molecule has 1 unspecified atom stereocenters. The molecule has 0 aromatic carbocycles. The highest BCUT2D eigenvalue weighted by Gasteiger charge is 2.40. The molecule has 0 spiro atoms. The quantitative estimate of drug-likeness (QED) is 0.550. The topological polar surface area (TPSA) is 46.3 Å². The second-order valence-corrected chi connectivity index (χ2v) is 3.72. The average Bonchev–Trinajstić information content (AvgIpc) is 2.08. The molecule has 1 fully saturated rings. The maximum atomic E-state index is 11.1. The van der Waals surface area contributed by atoms with Gasteiger partial charge in [-0.1, -0.05) is 0 Å². The van der Waals surface area contributed by atoms with Crippen LogP contribution in [0.4, 0.5) is 0 Å². The maximum Gasteiger partial charge on any atom is 0.219 e. The largest absolute Gasteiger partial charge is 0.336 e. The Morgan fingerprint density at radius 1 is 1.64 bits per heavy atom. The highest BCUT2D eigenvalue weighted by atomic mass is 16.2. The van der Waals surface area contributed by atoms with Gasteiger partial charge in [-0.25, -0.2) is 0 Å². The van der Waals surface area contributed by atoms with Gasteiger partial charge in [0.15, 0.2) is 0 Å². The van der Waals surface area contributed by atoms with E-state index in [1.54, 1.807) is 6.92 Å². The van der Waals surface area contributed by atoms with E-state index in [4.69, 9.17) is 5.73 Å². The van der Waals surface area contributed by atoms with Crippen molar-refractivity contribution in [1.82, 2.24) is 4.90 Å². The minimum Gasteiger partial charge on any atom is -0.336 e. The fourth-order valence-electron chi connectivity index (χ4n) is 1.67. The summed E-state index contributed by atoms with van der Waals surface area (Å²) in [5.74, 6) is 0.128. The summed E-state index contributed by atoms with van der Waals surface area (Å²) < 4.78 is 0. The molecule has 3 heteroatoms. The van der Waals surface area contributed by atoms with Crippen molar-refractivity contribution in [2.24, 2.45) is 5.73 Å². The second-order valence-electron chi connectivity index (χ2n) is 3.72. The minimum atomic E-state index is -0.147. The van der Waals surface area contributed by atoms with Crippen LogP contribution in [0.5, 0.6) is 0 Å². The molecule has 0 aromatic rings. The van der Waals surface area contributed by atoms with Gasteiger partial charge in [-0.3, -0.25) is 4.79 Å². The minimum absolute atomic E-state index is 0.128. The number of nitrogens with zero attached hydrogens (tertiary/aromatic N) is 1. The van der Waals surface area contributed by atoms with Crippen LogP contribution < -0.4 is 5.73 Å². The SMILES string of the molecule is CC(=O)N1CCC(N)C1(C)C. The van der Waals surface area contributed by atoms with Gasteiger partial charge >= 0.3 is 0 Å². The molecule has 11 heavy (non-hydrogen) atoms. The van der Waals surface area contributed by atoms with Crippen LogP contribution in [-0.4, -0.2) is 28.9 Å². The van der Waals surface area contributed by atoms with E-state index < -0.39 is 0 Å². The third-order valence-corrected chi connectivity index (χ3v) is 2.65. The highest BCUT2D eigenvalue weighted by molar-refractivity contribution is 5.74. The fourth-order valence-corrected chi connectivity index (χ4v) is 1.67. The molecule has 1 rings (SSSR count). The van der Waals surface area contributed by atoms with Gasteiger partial charge in [0.25, 0.3) is 0 Å². The van der Waals surface area contributed by atoms with E-state index in [-0.39, 0.29) is 17.5 Å². The maximum absolute atomic E-state index is 11.1. The van der Waals surface area contributed by atoms with E-state index in [9.17, 15) is 4.79 Å². The molecule has 1 atom stereocenters. The molecule has 64 valence electrons. The first-order valence-corrected chi connectivity index (χ1v) is 4.00. The molecule has 3 nitrogen and oxygen atoms in total. The molecular weight excluding hydrogens is 140 g/mol. The smallest absolute Gasteiger partial charge is 0.219 e. The number of hydrogen-bond acceptors (Lipinski definition) is 2. The van der Waals surface area contributed by atoms with Crippen molar-refractivity contribution in [2.75, 3.05) is 6.54 Å². The number of carbonyl (C=O) groups is 1. The van der Waals surface area contributed by atoms with Crippen LogP contribution in [0.2, 0.25) is 0 Å². The van der Waals surface area contributed by atoms with Crippen LogP contribution in [0, 0.1) is 0 Å². The summed E-state index contributed by atoms with van der Waals surface area (Å²) in [7, 11) is 0. The summed E-state index contributed by atoms with van der Waals surface area (Å²) in [6.07, 6.45) is 0.923. The van der Waals surface area contributed by atoms with Crippen LogP contribution in [0.3, 0.4) is 0 Å². The molecule has 1 saturated heterocycles. The van der Waals surface area contributed by atoms with E-state index in [1.165, 1.54) is 0 Å². The van der Waals surface area contributed by atoms with E-state index in [0.29, 0.717) is 0 Å². The third kappa shape index (κ3) is 1.25. The van der Waals surface area contributed by atoms with E-state index in [1.807, 2.05) is 18.7 Å². The Bertz CT molecular complexity index is 177. The van der Waals surface area contributed by atoms with Crippen molar-refractivity contribution < 1.29 is 4.79 Å². The summed E-state index contributed by atoms with van der Waals surface area (Å²) in [6, 6.07) is 0.131. The molecule has 0 bridgehead atoms. The molecule has 1 aliphatic rings. The first kappa shape index (κ1) is 8.53. The molecule has 1 aliphatic heterocycles.